The Labute approximate surface area is 194 Å². The Balaban J connectivity index is 1.54. The van der Waals surface area contributed by atoms with Gasteiger partial charge in [-0.1, -0.05) is 33.6 Å². The number of anilines is 1. The largest absolute Gasteiger partial charge is 0.367 e. The van der Waals surface area contributed by atoms with Gasteiger partial charge in [0.15, 0.2) is 5.78 Å². The van der Waals surface area contributed by atoms with Crippen LogP contribution in [0, 0.1) is 11.3 Å². The molecule has 178 valence electrons. The fraction of sp³-hybridized carbons (Fsp3) is 0.600. The molecule has 1 aromatic rings. The molecule has 0 unspecified atom stereocenters. The number of hydrogen-bond acceptors (Lipinski definition) is 5. The average Bonchev–Trinajstić information content (AvgIpc) is 3.50. The van der Waals surface area contributed by atoms with Gasteiger partial charge in [0.1, 0.15) is 18.7 Å². The molecule has 0 aromatic heterocycles. The molecule has 0 radical (unpaired) electrons. The molecule has 3 fully saturated rings. The first kappa shape index (κ1) is 23.4. The topological polar surface area (TPSA) is 105 Å². The SMILES string of the molecule is CCC(=O)Nc1ccc(C(=O)N[C@H](C(=O)N2C[C@H](C)[C@H]3OCC(=O)[C@H]32)C2(C)CCCC2)cc1. The summed E-state index contributed by atoms with van der Waals surface area (Å²) in [6.07, 6.45) is 3.80. The molecule has 2 N–H and O–H groups in total. The molecule has 2 aliphatic heterocycles. The summed E-state index contributed by atoms with van der Waals surface area (Å²) < 4.78 is 5.65. The third-order valence-electron chi connectivity index (χ3n) is 7.44. The highest BCUT2D eigenvalue weighted by Crippen LogP contribution is 2.42. The minimum Gasteiger partial charge on any atom is -0.367 e. The van der Waals surface area contributed by atoms with Gasteiger partial charge in [0.25, 0.3) is 5.91 Å². The van der Waals surface area contributed by atoms with Crippen molar-refractivity contribution in [2.24, 2.45) is 11.3 Å². The molecule has 3 aliphatic rings. The molecule has 1 saturated carbocycles. The number of benzene rings is 1. The average molecular weight is 456 g/mol. The van der Waals surface area contributed by atoms with E-state index in [0.717, 1.165) is 25.7 Å². The lowest BCUT2D eigenvalue weighted by molar-refractivity contribution is -0.140. The van der Waals surface area contributed by atoms with E-state index in [1.54, 1.807) is 36.1 Å². The van der Waals surface area contributed by atoms with Crippen LogP contribution >= 0.6 is 0 Å². The third-order valence-corrected chi connectivity index (χ3v) is 7.44. The molecule has 33 heavy (non-hydrogen) atoms. The highest BCUT2D eigenvalue weighted by molar-refractivity contribution is 6.00. The number of ether oxygens (including phenoxy) is 1. The van der Waals surface area contributed by atoms with Gasteiger partial charge in [-0.3, -0.25) is 19.2 Å². The van der Waals surface area contributed by atoms with E-state index in [9.17, 15) is 19.2 Å². The van der Waals surface area contributed by atoms with Crippen molar-refractivity contribution in [2.45, 2.75) is 71.1 Å². The minimum atomic E-state index is -0.716. The van der Waals surface area contributed by atoms with Crippen LogP contribution in [0.4, 0.5) is 5.69 Å². The second-order valence-corrected chi connectivity index (χ2v) is 9.90. The Morgan fingerprint density at radius 1 is 1.18 bits per heavy atom. The lowest BCUT2D eigenvalue weighted by Gasteiger charge is -2.37. The molecule has 1 aromatic carbocycles. The normalized spacial score (nSPS) is 26.7. The molecule has 2 saturated heterocycles. The van der Waals surface area contributed by atoms with E-state index >= 15 is 0 Å². The maximum absolute atomic E-state index is 13.8. The molecule has 0 bridgehead atoms. The van der Waals surface area contributed by atoms with Crippen LogP contribution in [0.1, 0.15) is 63.2 Å². The fourth-order valence-corrected chi connectivity index (χ4v) is 5.46. The van der Waals surface area contributed by atoms with Crippen LogP contribution in [0.3, 0.4) is 0 Å². The zero-order valence-corrected chi connectivity index (χ0v) is 19.6. The summed E-state index contributed by atoms with van der Waals surface area (Å²) in [6.45, 7) is 6.31. The van der Waals surface area contributed by atoms with Crippen molar-refractivity contribution in [1.82, 2.24) is 10.2 Å². The summed E-state index contributed by atoms with van der Waals surface area (Å²) in [6, 6.07) is 5.36. The van der Waals surface area contributed by atoms with Crippen LogP contribution in [-0.4, -0.2) is 59.7 Å². The van der Waals surface area contributed by atoms with Gasteiger partial charge in [0.2, 0.25) is 11.8 Å². The van der Waals surface area contributed by atoms with Gasteiger partial charge in [0, 0.05) is 30.1 Å². The highest BCUT2D eigenvalue weighted by Gasteiger charge is 2.54. The number of ketones is 1. The van der Waals surface area contributed by atoms with Crippen molar-refractivity contribution in [3.05, 3.63) is 29.8 Å². The molecule has 3 amide bonds. The summed E-state index contributed by atoms with van der Waals surface area (Å²) in [5.74, 6) is -0.630. The van der Waals surface area contributed by atoms with Gasteiger partial charge < -0.3 is 20.3 Å². The highest BCUT2D eigenvalue weighted by atomic mass is 16.5. The maximum Gasteiger partial charge on any atom is 0.251 e. The number of Topliss-reactive ketones (excluding diaryl/α,β-unsaturated/α-hetero) is 1. The maximum atomic E-state index is 13.8. The van der Waals surface area contributed by atoms with E-state index in [0.29, 0.717) is 24.2 Å². The molecule has 8 heteroatoms. The molecular weight excluding hydrogens is 422 g/mol. The van der Waals surface area contributed by atoms with Crippen LogP contribution in [0.15, 0.2) is 24.3 Å². The molecule has 1 aliphatic carbocycles. The monoisotopic (exact) mass is 455 g/mol. The Morgan fingerprint density at radius 3 is 2.48 bits per heavy atom. The van der Waals surface area contributed by atoms with Crippen molar-refractivity contribution in [3.8, 4) is 0 Å². The Morgan fingerprint density at radius 2 is 1.85 bits per heavy atom. The van der Waals surface area contributed by atoms with E-state index in [1.807, 2.05) is 6.92 Å². The van der Waals surface area contributed by atoms with E-state index in [4.69, 9.17) is 4.74 Å². The second-order valence-electron chi connectivity index (χ2n) is 9.90. The minimum absolute atomic E-state index is 0.0403. The molecule has 2 heterocycles. The van der Waals surface area contributed by atoms with E-state index < -0.39 is 12.1 Å². The molecular formula is C25H33N3O5. The van der Waals surface area contributed by atoms with Crippen LogP contribution in [-0.2, 0) is 19.1 Å². The Hall–Kier alpha value is -2.74. The standard InChI is InChI=1S/C25H33N3O5/c1-4-19(30)26-17-9-7-16(8-10-17)23(31)27-22(25(3)11-5-6-12-25)24(32)28-13-15(2)21-20(28)18(29)14-33-21/h7-10,15,20-22H,4-6,11-14H2,1-3H3,(H,26,30)(H,27,31)/t15-,20+,21+,22+/m0/s1. The number of carbonyl (C=O) groups is 4. The van der Waals surface area contributed by atoms with Crippen molar-refractivity contribution >= 4 is 29.2 Å². The first-order valence-electron chi connectivity index (χ1n) is 11.9. The summed E-state index contributed by atoms with van der Waals surface area (Å²) >= 11 is 0. The molecule has 0 spiro atoms. The van der Waals surface area contributed by atoms with E-state index in [1.165, 1.54) is 0 Å². The quantitative estimate of drug-likeness (QED) is 0.686. The second kappa shape index (κ2) is 9.25. The predicted octanol–water partition coefficient (Wildman–Crippen LogP) is 2.53. The van der Waals surface area contributed by atoms with Gasteiger partial charge >= 0.3 is 0 Å². The van der Waals surface area contributed by atoms with Gasteiger partial charge in [-0.15, -0.1) is 0 Å². The number of nitrogens with zero attached hydrogens (tertiary/aromatic N) is 1. The summed E-state index contributed by atoms with van der Waals surface area (Å²) in [4.78, 5) is 52.7. The number of likely N-dealkylation sites (tertiary alicyclic amines) is 1. The van der Waals surface area contributed by atoms with E-state index in [-0.39, 0.29) is 47.5 Å². The van der Waals surface area contributed by atoms with Crippen LogP contribution in [0.25, 0.3) is 0 Å². The summed E-state index contributed by atoms with van der Waals surface area (Å²) in [5.41, 5.74) is 0.661. The number of rotatable bonds is 6. The first-order valence-corrected chi connectivity index (χ1v) is 11.9. The summed E-state index contributed by atoms with van der Waals surface area (Å²) in [5, 5.41) is 5.76. The van der Waals surface area contributed by atoms with Gasteiger partial charge in [-0.25, -0.2) is 0 Å². The van der Waals surface area contributed by atoms with Gasteiger partial charge in [-0.05, 0) is 42.5 Å². The Kier molecular flexibility index (Phi) is 6.56. The smallest absolute Gasteiger partial charge is 0.251 e. The van der Waals surface area contributed by atoms with Gasteiger partial charge in [0.05, 0.1) is 6.10 Å². The number of nitrogens with one attached hydrogen (secondary N) is 2. The fourth-order valence-electron chi connectivity index (χ4n) is 5.46. The number of fused-ring (bicyclic) bond motifs is 1. The van der Waals surface area contributed by atoms with Crippen molar-refractivity contribution < 1.29 is 23.9 Å². The van der Waals surface area contributed by atoms with Crippen molar-refractivity contribution in [2.75, 3.05) is 18.5 Å². The molecule has 4 rings (SSSR count). The van der Waals surface area contributed by atoms with Crippen LogP contribution in [0.2, 0.25) is 0 Å². The Bertz CT molecular complexity index is 938. The number of hydrogen-bond donors (Lipinski definition) is 2. The lowest BCUT2D eigenvalue weighted by atomic mass is 9.79. The molecule has 8 nitrogen and oxygen atoms in total. The first-order chi connectivity index (χ1) is 15.7. The predicted molar refractivity (Wildman–Crippen MR) is 123 cm³/mol. The molecule has 4 atom stereocenters. The lowest BCUT2D eigenvalue weighted by Crippen LogP contribution is -2.57. The zero-order chi connectivity index (χ0) is 23.8. The van der Waals surface area contributed by atoms with Crippen molar-refractivity contribution in [1.29, 1.82) is 0 Å². The zero-order valence-electron chi connectivity index (χ0n) is 19.6. The number of amides is 3. The number of carbonyl (C=O) groups excluding carboxylic acids is 4. The summed E-state index contributed by atoms with van der Waals surface area (Å²) in [7, 11) is 0. The van der Waals surface area contributed by atoms with Crippen LogP contribution in [0.5, 0.6) is 0 Å². The van der Waals surface area contributed by atoms with E-state index in [2.05, 4.69) is 17.6 Å². The van der Waals surface area contributed by atoms with Crippen LogP contribution < -0.4 is 10.6 Å². The van der Waals surface area contributed by atoms with Crippen molar-refractivity contribution in [3.63, 3.8) is 0 Å². The van der Waals surface area contributed by atoms with Gasteiger partial charge in [-0.2, -0.15) is 0 Å². The third kappa shape index (κ3) is 4.53.